The van der Waals surface area contributed by atoms with Gasteiger partial charge in [-0.1, -0.05) is 31.3 Å². The van der Waals surface area contributed by atoms with E-state index in [1.54, 1.807) is 0 Å². The molecule has 0 spiro atoms. The Balaban J connectivity index is 2.12. The third-order valence-electron chi connectivity index (χ3n) is 4.45. The molecule has 0 aliphatic carbocycles. The van der Waals surface area contributed by atoms with Crippen LogP contribution in [0.5, 0.6) is 17.4 Å². The van der Waals surface area contributed by atoms with Crippen LogP contribution in [-0.4, -0.2) is 50.9 Å². The van der Waals surface area contributed by atoms with Crippen molar-refractivity contribution < 1.29 is 14.6 Å². The van der Waals surface area contributed by atoms with E-state index in [0.717, 1.165) is 29.3 Å². The number of aromatic nitrogens is 3. The van der Waals surface area contributed by atoms with Crippen molar-refractivity contribution in [2.24, 2.45) is 0 Å². The topological polar surface area (TPSA) is 72.1 Å². The van der Waals surface area contributed by atoms with E-state index in [2.05, 4.69) is 28.8 Å². The number of nitrogens with zero attached hydrogens (tertiary/aromatic N) is 4. The molecule has 3 aromatic rings. The third kappa shape index (κ3) is 3.72. The van der Waals surface area contributed by atoms with Gasteiger partial charge in [-0.25, -0.2) is 4.98 Å². The number of hydrogen-bond donors (Lipinski definition) is 1. The maximum Gasteiger partial charge on any atom is 0.230 e. The van der Waals surface area contributed by atoms with Crippen molar-refractivity contribution in [3.63, 3.8) is 0 Å². The van der Waals surface area contributed by atoms with Crippen LogP contribution in [0, 0.1) is 0 Å². The molecule has 0 amide bonds. The van der Waals surface area contributed by atoms with Crippen LogP contribution in [0.4, 0.5) is 0 Å². The van der Waals surface area contributed by atoms with Gasteiger partial charge in [0.25, 0.3) is 0 Å². The van der Waals surface area contributed by atoms with E-state index in [0.29, 0.717) is 23.9 Å². The SMILES string of the molecule is CCOc1ccc(C(c2sc3ncnn3c2O)N(CC)CC)cc1OCC. The molecule has 1 N–H and O–H groups in total. The second kappa shape index (κ2) is 8.58. The van der Waals surface area contributed by atoms with Crippen LogP contribution >= 0.6 is 11.3 Å². The number of fused-ring (bicyclic) bond motifs is 1. The van der Waals surface area contributed by atoms with E-state index in [9.17, 15) is 5.11 Å². The number of thiazole rings is 1. The molecule has 0 fully saturated rings. The zero-order chi connectivity index (χ0) is 19.4. The number of rotatable bonds is 9. The summed E-state index contributed by atoms with van der Waals surface area (Å²) in [5.74, 6) is 1.58. The Kier molecular flexibility index (Phi) is 6.18. The Bertz CT molecular complexity index is 888. The third-order valence-corrected chi connectivity index (χ3v) is 5.53. The standard InChI is InChI=1S/C19H26N4O3S/c1-5-22(6-2)16(17-18(24)23-19(27-17)20-12-21-23)13-9-10-14(25-7-3)15(11-13)26-8-4/h9-12,16,24H,5-8H2,1-4H3. The summed E-state index contributed by atoms with van der Waals surface area (Å²) < 4.78 is 13.0. The Hall–Kier alpha value is -2.32. The summed E-state index contributed by atoms with van der Waals surface area (Å²) in [6, 6.07) is 5.86. The van der Waals surface area contributed by atoms with Crippen LogP contribution in [0.25, 0.3) is 4.96 Å². The average Bonchev–Trinajstić information content (AvgIpc) is 3.25. The van der Waals surface area contributed by atoms with Crippen LogP contribution in [0.2, 0.25) is 0 Å². The molecule has 0 radical (unpaired) electrons. The first-order valence-electron chi connectivity index (χ1n) is 9.29. The fourth-order valence-electron chi connectivity index (χ4n) is 3.23. The molecule has 0 saturated heterocycles. The van der Waals surface area contributed by atoms with E-state index in [1.807, 2.05) is 32.0 Å². The summed E-state index contributed by atoms with van der Waals surface area (Å²) in [5.41, 5.74) is 1.03. The minimum atomic E-state index is -0.122. The second-order valence-electron chi connectivity index (χ2n) is 5.94. The molecule has 2 heterocycles. The largest absolute Gasteiger partial charge is 0.492 e. The molecule has 27 heavy (non-hydrogen) atoms. The van der Waals surface area contributed by atoms with Gasteiger partial charge in [0.2, 0.25) is 10.8 Å². The van der Waals surface area contributed by atoms with Gasteiger partial charge in [-0.15, -0.1) is 0 Å². The molecule has 0 bridgehead atoms. The van der Waals surface area contributed by atoms with Gasteiger partial charge in [-0.2, -0.15) is 9.61 Å². The molecule has 146 valence electrons. The Labute approximate surface area is 163 Å². The van der Waals surface area contributed by atoms with Gasteiger partial charge in [0.15, 0.2) is 11.5 Å². The van der Waals surface area contributed by atoms with E-state index < -0.39 is 0 Å². The summed E-state index contributed by atoms with van der Waals surface area (Å²) in [4.78, 5) is 8.00. The summed E-state index contributed by atoms with van der Waals surface area (Å²) in [6.07, 6.45) is 1.45. The summed E-state index contributed by atoms with van der Waals surface area (Å²) >= 11 is 1.45. The van der Waals surface area contributed by atoms with E-state index in [-0.39, 0.29) is 11.9 Å². The molecule has 0 aliphatic rings. The number of benzene rings is 1. The van der Waals surface area contributed by atoms with Crippen molar-refractivity contribution in [2.45, 2.75) is 33.7 Å². The van der Waals surface area contributed by atoms with Crippen LogP contribution < -0.4 is 9.47 Å². The maximum atomic E-state index is 10.7. The highest BCUT2D eigenvalue weighted by atomic mass is 32.1. The molecular weight excluding hydrogens is 364 g/mol. The van der Waals surface area contributed by atoms with Crippen molar-refractivity contribution in [2.75, 3.05) is 26.3 Å². The molecule has 7 nitrogen and oxygen atoms in total. The van der Waals surface area contributed by atoms with Crippen molar-refractivity contribution in [1.82, 2.24) is 19.5 Å². The summed E-state index contributed by atoms with van der Waals surface area (Å²) in [6.45, 7) is 10.9. The minimum Gasteiger partial charge on any atom is -0.492 e. The molecule has 1 aromatic carbocycles. The molecule has 0 saturated carbocycles. The Morgan fingerprint density at radius 1 is 1.11 bits per heavy atom. The van der Waals surface area contributed by atoms with Gasteiger partial charge in [0.05, 0.1) is 24.1 Å². The zero-order valence-electron chi connectivity index (χ0n) is 16.2. The first-order valence-corrected chi connectivity index (χ1v) is 10.1. The van der Waals surface area contributed by atoms with E-state index in [1.165, 1.54) is 22.2 Å². The van der Waals surface area contributed by atoms with Gasteiger partial charge in [-0.05, 0) is 44.6 Å². The van der Waals surface area contributed by atoms with Crippen molar-refractivity contribution >= 4 is 16.3 Å². The van der Waals surface area contributed by atoms with Crippen molar-refractivity contribution in [3.8, 4) is 17.4 Å². The monoisotopic (exact) mass is 390 g/mol. The lowest BCUT2D eigenvalue weighted by molar-refractivity contribution is 0.246. The fourth-order valence-corrected chi connectivity index (χ4v) is 4.32. The quantitative estimate of drug-likeness (QED) is 0.600. The molecule has 8 heteroatoms. The molecule has 1 unspecified atom stereocenters. The normalized spacial score (nSPS) is 12.6. The lowest BCUT2D eigenvalue weighted by Gasteiger charge is -2.29. The van der Waals surface area contributed by atoms with E-state index in [4.69, 9.17) is 9.47 Å². The van der Waals surface area contributed by atoms with Gasteiger partial charge in [0.1, 0.15) is 6.33 Å². The summed E-state index contributed by atoms with van der Waals surface area (Å²) in [7, 11) is 0. The number of ether oxygens (including phenoxy) is 2. The molecule has 2 aromatic heterocycles. The van der Waals surface area contributed by atoms with E-state index >= 15 is 0 Å². The highest BCUT2D eigenvalue weighted by Crippen LogP contribution is 2.41. The second-order valence-corrected chi connectivity index (χ2v) is 6.95. The van der Waals surface area contributed by atoms with Crippen LogP contribution in [0.15, 0.2) is 24.5 Å². The van der Waals surface area contributed by atoms with Crippen LogP contribution in [0.1, 0.15) is 44.2 Å². The smallest absolute Gasteiger partial charge is 0.230 e. The van der Waals surface area contributed by atoms with Crippen LogP contribution in [-0.2, 0) is 0 Å². The van der Waals surface area contributed by atoms with Crippen molar-refractivity contribution in [3.05, 3.63) is 35.0 Å². The molecule has 3 rings (SSSR count). The number of hydrogen-bond acceptors (Lipinski definition) is 7. The van der Waals surface area contributed by atoms with Crippen molar-refractivity contribution in [1.29, 1.82) is 0 Å². The minimum absolute atomic E-state index is 0.122. The van der Waals surface area contributed by atoms with Gasteiger partial charge in [-0.3, -0.25) is 4.90 Å². The molecular formula is C19H26N4O3S. The zero-order valence-corrected chi connectivity index (χ0v) is 17.0. The highest BCUT2D eigenvalue weighted by molar-refractivity contribution is 7.17. The maximum absolute atomic E-state index is 10.7. The predicted molar refractivity (Wildman–Crippen MR) is 106 cm³/mol. The molecule has 0 aliphatic heterocycles. The van der Waals surface area contributed by atoms with Crippen LogP contribution in [0.3, 0.4) is 0 Å². The first kappa shape index (κ1) is 19.4. The highest BCUT2D eigenvalue weighted by Gasteiger charge is 2.28. The Morgan fingerprint density at radius 3 is 2.44 bits per heavy atom. The first-order chi connectivity index (χ1) is 13.1. The summed E-state index contributed by atoms with van der Waals surface area (Å²) in [5, 5.41) is 14.9. The lowest BCUT2D eigenvalue weighted by Crippen LogP contribution is -2.29. The van der Waals surface area contributed by atoms with Gasteiger partial charge < -0.3 is 14.6 Å². The lowest BCUT2D eigenvalue weighted by atomic mass is 10.0. The Morgan fingerprint density at radius 2 is 1.81 bits per heavy atom. The van der Waals surface area contributed by atoms with Gasteiger partial charge >= 0.3 is 0 Å². The van der Waals surface area contributed by atoms with Gasteiger partial charge in [0, 0.05) is 0 Å². The number of aromatic hydroxyl groups is 1. The molecule has 1 atom stereocenters. The fraction of sp³-hybridized carbons (Fsp3) is 0.474. The predicted octanol–water partition coefficient (Wildman–Crippen LogP) is 3.73. The average molecular weight is 391 g/mol.